The van der Waals surface area contributed by atoms with Gasteiger partial charge in [0.15, 0.2) is 0 Å². The normalized spacial score (nSPS) is 12.5. The fraction of sp³-hybridized carbons (Fsp3) is 0.111. The van der Waals surface area contributed by atoms with Crippen LogP contribution in [0.3, 0.4) is 0 Å². The first kappa shape index (κ1) is 14.5. The van der Waals surface area contributed by atoms with E-state index in [1.165, 1.54) is 4.90 Å². The number of halogens is 1. The molecular weight excluding hydrogens is 300 g/mol. The first-order valence-electron chi connectivity index (χ1n) is 6.70. The summed E-state index contributed by atoms with van der Waals surface area (Å²) >= 11 is 7.93. The molecule has 0 spiro atoms. The van der Waals surface area contributed by atoms with Crippen molar-refractivity contribution < 1.29 is 5.11 Å². The van der Waals surface area contributed by atoms with Gasteiger partial charge in [-0.3, -0.25) is 0 Å². The van der Waals surface area contributed by atoms with Crippen molar-refractivity contribution in [2.75, 3.05) is 6.26 Å². The Morgan fingerprint density at radius 2 is 1.57 bits per heavy atom. The molecule has 3 heteroatoms. The molecule has 1 atom stereocenters. The van der Waals surface area contributed by atoms with Crippen LogP contribution in [0.1, 0.15) is 17.2 Å². The van der Waals surface area contributed by atoms with Gasteiger partial charge in [-0.25, -0.2) is 0 Å². The van der Waals surface area contributed by atoms with E-state index < -0.39 is 6.10 Å². The molecule has 0 bridgehead atoms. The second kappa shape index (κ2) is 6.10. The highest BCUT2D eigenvalue weighted by Gasteiger charge is 2.14. The van der Waals surface area contributed by atoms with Gasteiger partial charge in [-0.1, -0.05) is 54.1 Å². The number of thioether (sulfide) groups is 1. The predicted molar refractivity (Wildman–Crippen MR) is 91.2 cm³/mol. The Bertz CT molecular complexity index is 768. The molecule has 1 N–H and O–H groups in total. The fourth-order valence-electron chi connectivity index (χ4n) is 2.49. The molecule has 3 aromatic rings. The molecule has 0 aliphatic carbocycles. The molecule has 3 aromatic carbocycles. The number of benzene rings is 3. The molecule has 3 rings (SSSR count). The van der Waals surface area contributed by atoms with Crippen LogP contribution in [-0.2, 0) is 0 Å². The summed E-state index contributed by atoms with van der Waals surface area (Å²) in [4.78, 5) is 1.19. The largest absolute Gasteiger partial charge is 0.384 e. The first-order valence-corrected chi connectivity index (χ1v) is 8.30. The van der Waals surface area contributed by atoms with Crippen LogP contribution in [0.2, 0.25) is 5.02 Å². The highest BCUT2D eigenvalue weighted by atomic mass is 35.5. The minimum Gasteiger partial charge on any atom is -0.384 e. The van der Waals surface area contributed by atoms with Gasteiger partial charge in [0, 0.05) is 15.3 Å². The van der Waals surface area contributed by atoms with Gasteiger partial charge >= 0.3 is 0 Å². The van der Waals surface area contributed by atoms with E-state index in [1.807, 2.05) is 66.9 Å². The van der Waals surface area contributed by atoms with Gasteiger partial charge in [0.05, 0.1) is 0 Å². The average Bonchev–Trinajstić information content (AvgIpc) is 2.55. The predicted octanol–water partition coefficient (Wildman–Crippen LogP) is 5.30. The zero-order valence-electron chi connectivity index (χ0n) is 11.6. The van der Waals surface area contributed by atoms with Crippen LogP contribution in [0, 0.1) is 0 Å². The maximum Gasteiger partial charge on any atom is 0.105 e. The summed E-state index contributed by atoms with van der Waals surface area (Å²) in [7, 11) is 0. The molecule has 0 saturated carbocycles. The lowest BCUT2D eigenvalue weighted by Crippen LogP contribution is -2.00. The molecule has 21 heavy (non-hydrogen) atoms. The molecule has 0 heterocycles. The molecule has 0 fully saturated rings. The van der Waals surface area contributed by atoms with Gasteiger partial charge in [0.1, 0.15) is 6.10 Å². The molecule has 0 radical (unpaired) electrons. The lowest BCUT2D eigenvalue weighted by Gasteiger charge is -2.15. The lowest BCUT2D eigenvalue weighted by molar-refractivity contribution is 0.222. The first-order chi connectivity index (χ1) is 10.2. The third-order valence-electron chi connectivity index (χ3n) is 3.63. The maximum absolute atomic E-state index is 10.7. The summed E-state index contributed by atoms with van der Waals surface area (Å²) in [5.74, 6) is 0. The summed E-state index contributed by atoms with van der Waals surface area (Å²) < 4.78 is 0. The van der Waals surface area contributed by atoms with Gasteiger partial charge in [-0.2, -0.15) is 0 Å². The van der Waals surface area contributed by atoms with Crippen LogP contribution in [0.5, 0.6) is 0 Å². The number of hydrogen-bond donors (Lipinski definition) is 1. The Hall–Kier alpha value is -1.48. The Kier molecular flexibility index (Phi) is 4.20. The number of aliphatic hydroxyl groups excluding tert-OH is 1. The number of aliphatic hydroxyl groups is 1. The van der Waals surface area contributed by atoms with Crippen LogP contribution in [-0.4, -0.2) is 11.4 Å². The molecule has 0 amide bonds. The van der Waals surface area contributed by atoms with Crippen molar-refractivity contribution in [2.45, 2.75) is 11.0 Å². The van der Waals surface area contributed by atoms with Crippen LogP contribution < -0.4 is 0 Å². The fourth-order valence-corrected chi connectivity index (χ4v) is 3.13. The van der Waals surface area contributed by atoms with E-state index in [0.29, 0.717) is 5.02 Å². The van der Waals surface area contributed by atoms with E-state index in [1.54, 1.807) is 11.8 Å². The number of fused-ring (bicyclic) bond motifs is 1. The van der Waals surface area contributed by atoms with Crippen molar-refractivity contribution in [2.24, 2.45) is 0 Å². The molecule has 0 aromatic heterocycles. The van der Waals surface area contributed by atoms with Gasteiger partial charge < -0.3 is 5.11 Å². The highest BCUT2D eigenvalue weighted by molar-refractivity contribution is 7.98. The van der Waals surface area contributed by atoms with Crippen molar-refractivity contribution in [3.63, 3.8) is 0 Å². The average molecular weight is 315 g/mol. The molecule has 0 aliphatic rings. The molecule has 106 valence electrons. The zero-order chi connectivity index (χ0) is 14.8. The van der Waals surface area contributed by atoms with E-state index in [-0.39, 0.29) is 0 Å². The van der Waals surface area contributed by atoms with Crippen LogP contribution in [0.25, 0.3) is 10.8 Å². The highest BCUT2D eigenvalue weighted by Crippen LogP contribution is 2.33. The quantitative estimate of drug-likeness (QED) is 0.662. The smallest absolute Gasteiger partial charge is 0.105 e. The van der Waals surface area contributed by atoms with Crippen molar-refractivity contribution in [1.29, 1.82) is 0 Å². The van der Waals surface area contributed by atoms with Crippen LogP contribution >= 0.6 is 23.4 Å². The standard InChI is InChI=1S/C18H15ClOS/c1-21-13-8-6-12(7-9-13)18(20)16-10-11-17(19)15-5-3-2-4-14(15)16/h2-11,18,20H,1H3. The van der Waals surface area contributed by atoms with Gasteiger partial charge in [0.25, 0.3) is 0 Å². The van der Waals surface area contributed by atoms with Gasteiger partial charge in [-0.15, -0.1) is 11.8 Å². The second-order valence-corrected chi connectivity index (χ2v) is 6.14. The Morgan fingerprint density at radius 1 is 0.905 bits per heavy atom. The zero-order valence-corrected chi connectivity index (χ0v) is 13.2. The van der Waals surface area contributed by atoms with E-state index in [4.69, 9.17) is 11.6 Å². The monoisotopic (exact) mass is 314 g/mol. The van der Waals surface area contributed by atoms with Crippen molar-refractivity contribution in [3.05, 3.63) is 76.8 Å². The third kappa shape index (κ3) is 2.80. The SMILES string of the molecule is CSc1ccc(C(O)c2ccc(Cl)c3ccccc23)cc1. The Balaban J connectivity index is 2.08. The summed E-state index contributed by atoms with van der Waals surface area (Å²) in [6.45, 7) is 0. The molecule has 1 nitrogen and oxygen atoms in total. The summed E-state index contributed by atoms with van der Waals surface area (Å²) in [6, 6.07) is 19.6. The minimum absolute atomic E-state index is 0.650. The van der Waals surface area contributed by atoms with Crippen molar-refractivity contribution in [1.82, 2.24) is 0 Å². The van der Waals surface area contributed by atoms with Crippen LogP contribution in [0.4, 0.5) is 0 Å². The lowest BCUT2D eigenvalue weighted by atomic mass is 9.96. The van der Waals surface area contributed by atoms with Gasteiger partial charge in [0.2, 0.25) is 0 Å². The molecule has 0 saturated heterocycles. The van der Waals surface area contributed by atoms with Crippen molar-refractivity contribution >= 4 is 34.1 Å². The Morgan fingerprint density at radius 3 is 2.24 bits per heavy atom. The van der Waals surface area contributed by atoms with Crippen molar-refractivity contribution in [3.8, 4) is 0 Å². The van der Waals surface area contributed by atoms with E-state index in [0.717, 1.165) is 21.9 Å². The molecule has 1 unspecified atom stereocenters. The summed E-state index contributed by atoms with van der Waals surface area (Å²) in [5.41, 5.74) is 1.77. The molecule has 0 aliphatic heterocycles. The van der Waals surface area contributed by atoms with E-state index in [9.17, 15) is 5.11 Å². The third-order valence-corrected chi connectivity index (χ3v) is 4.70. The van der Waals surface area contributed by atoms with Gasteiger partial charge in [-0.05, 0) is 41.0 Å². The number of hydrogen-bond acceptors (Lipinski definition) is 2. The number of rotatable bonds is 3. The van der Waals surface area contributed by atoms with E-state index >= 15 is 0 Å². The Labute approximate surface area is 133 Å². The molecular formula is C18H15ClOS. The second-order valence-electron chi connectivity index (χ2n) is 4.86. The van der Waals surface area contributed by atoms with Crippen LogP contribution in [0.15, 0.2) is 65.6 Å². The summed E-state index contributed by atoms with van der Waals surface area (Å²) in [5, 5.41) is 13.4. The minimum atomic E-state index is -0.650. The summed E-state index contributed by atoms with van der Waals surface area (Å²) in [6.07, 6.45) is 1.39. The maximum atomic E-state index is 10.7. The topological polar surface area (TPSA) is 20.2 Å². The van der Waals surface area contributed by atoms with E-state index in [2.05, 4.69) is 0 Å².